The van der Waals surface area contributed by atoms with Gasteiger partial charge in [-0.1, -0.05) is 31.4 Å². The zero-order valence-corrected chi connectivity index (χ0v) is 16.8. The highest BCUT2D eigenvalue weighted by Gasteiger charge is 2.39. The maximum atomic E-state index is 5.44. The molecule has 0 atom stereocenters. The SMILES string of the molecule is CN=C(NCc1ccc(N2CCOCC2)cc1)N1CCC2(CCCCC2)C1. The summed E-state index contributed by atoms with van der Waals surface area (Å²) in [4.78, 5) is 9.44. The number of ether oxygens (including phenoxy) is 1. The molecule has 3 aliphatic rings. The minimum atomic E-state index is 0.565. The van der Waals surface area contributed by atoms with Crippen LogP contribution < -0.4 is 10.2 Å². The van der Waals surface area contributed by atoms with Crippen molar-refractivity contribution in [1.82, 2.24) is 10.2 Å². The number of benzene rings is 1. The first kappa shape index (κ1) is 18.6. The van der Waals surface area contributed by atoms with Gasteiger partial charge in [-0.2, -0.15) is 0 Å². The summed E-state index contributed by atoms with van der Waals surface area (Å²) in [6.45, 7) is 6.80. The standard InChI is InChI=1S/C22H34N4O/c1-23-21(26-12-11-22(18-26)9-3-2-4-10-22)24-17-19-5-7-20(8-6-19)25-13-15-27-16-14-25/h5-8H,2-4,9-18H2,1H3,(H,23,24). The Balaban J connectivity index is 1.30. The zero-order chi connectivity index (χ0) is 18.5. The molecule has 1 saturated carbocycles. The van der Waals surface area contributed by atoms with Gasteiger partial charge in [-0.05, 0) is 42.4 Å². The molecule has 5 nitrogen and oxygen atoms in total. The molecule has 2 heterocycles. The zero-order valence-electron chi connectivity index (χ0n) is 16.8. The fourth-order valence-corrected chi connectivity index (χ4v) is 4.99. The smallest absolute Gasteiger partial charge is 0.193 e. The molecule has 1 spiro atoms. The van der Waals surface area contributed by atoms with Crippen molar-refractivity contribution in [2.45, 2.75) is 45.1 Å². The predicted molar refractivity (Wildman–Crippen MR) is 111 cm³/mol. The van der Waals surface area contributed by atoms with Crippen molar-refractivity contribution in [3.8, 4) is 0 Å². The van der Waals surface area contributed by atoms with Crippen LogP contribution in [0.4, 0.5) is 5.69 Å². The largest absolute Gasteiger partial charge is 0.378 e. The van der Waals surface area contributed by atoms with Crippen LogP contribution in [0.5, 0.6) is 0 Å². The third kappa shape index (κ3) is 4.40. The summed E-state index contributed by atoms with van der Waals surface area (Å²) >= 11 is 0. The monoisotopic (exact) mass is 370 g/mol. The average Bonchev–Trinajstić information content (AvgIpc) is 3.13. The van der Waals surface area contributed by atoms with E-state index in [9.17, 15) is 0 Å². The van der Waals surface area contributed by atoms with Crippen LogP contribution in [0.1, 0.15) is 44.1 Å². The fourth-order valence-electron chi connectivity index (χ4n) is 4.99. The Morgan fingerprint density at radius 2 is 1.78 bits per heavy atom. The summed E-state index contributed by atoms with van der Waals surface area (Å²) in [7, 11) is 1.91. The highest BCUT2D eigenvalue weighted by molar-refractivity contribution is 5.80. The third-order valence-electron chi connectivity index (χ3n) is 6.63. The number of likely N-dealkylation sites (tertiary alicyclic amines) is 1. The Hall–Kier alpha value is -1.75. The van der Waals surface area contributed by atoms with Gasteiger partial charge in [0.15, 0.2) is 5.96 Å². The van der Waals surface area contributed by atoms with E-state index in [0.29, 0.717) is 5.41 Å². The Morgan fingerprint density at radius 1 is 1.04 bits per heavy atom. The van der Waals surface area contributed by atoms with E-state index in [1.54, 1.807) is 0 Å². The first-order valence-corrected chi connectivity index (χ1v) is 10.7. The van der Waals surface area contributed by atoms with Crippen LogP contribution in [0.3, 0.4) is 0 Å². The van der Waals surface area contributed by atoms with E-state index < -0.39 is 0 Å². The van der Waals surface area contributed by atoms with Gasteiger partial charge in [0.25, 0.3) is 0 Å². The molecule has 4 rings (SSSR count). The van der Waals surface area contributed by atoms with Gasteiger partial charge in [-0.15, -0.1) is 0 Å². The molecule has 1 aromatic carbocycles. The van der Waals surface area contributed by atoms with Crippen molar-refractivity contribution < 1.29 is 4.74 Å². The number of hydrogen-bond donors (Lipinski definition) is 1. The molecule has 2 aliphatic heterocycles. The van der Waals surface area contributed by atoms with Gasteiger partial charge in [0, 0.05) is 45.5 Å². The lowest BCUT2D eigenvalue weighted by molar-refractivity contribution is 0.122. The van der Waals surface area contributed by atoms with Crippen LogP contribution in [0.2, 0.25) is 0 Å². The van der Waals surface area contributed by atoms with Crippen molar-refractivity contribution in [2.24, 2.45) is 10.4 Å². The number of anilines is 1. The number of nitrogens with zero attached hydrogens (tertiary/aromatic N) is 3. The molecule has 1 aromatic rings. The number of hydrogen-bond acceptors (Lipinski definition) is 3. The molecule has 0 unspecified atom stereocenters. The Bertz CT molecular complexity index is 630. The second-order valence-electron chi connectivity index (χ2n) is 8.40. The van der Waals surface area contributed by atoms with Crippen LogP contribution in [0.25, 0.3) is 0 Å². The van der Waals surface area contributed by atoms with Crippen molar-refractivity contribution in [3.63, 3.8) is 0 Å². The average molecular weight is 371 g/mol. The lowest BCUT2D eigenvalue weighted by Crippen LogP contribution is -2.41. The number of morpholine rings is 1. The number of aliphatic imine (C=N–C) groups is 1. The lowest BCUT2D eigenvalue weighted by atomic mass is 9.73. The van der Waals surface area contributed by atoms with Gasteiger partial charge in [-0.25, -0.2) is 0 Å². The maximum absolute atomic E-state index is 5.44. The molecule has 2 saturated heterocycles. The lowest BCUT2D eigenvalue weighted by Gasteiger charge is -2.33. The Morgan fingerprint density at radius 3 is 2.48 bits per heavy atom. The Kier molecular flexibility index (Phi) is 5.86. The second kappa shape index (κ2) is 8.51. The van der Waals surface area contributed by atoms with Crippen LogP contribution in [-0.2, 0) is 11.3 Å². The summed E-state index contributed by atoms with van der Waals surface area (Å²) in [5.41, 5.74) is 3.17. The molecule has 27 heavy (non-hydrogen) atoms. The summed E-state index contributed by atoms with van der Waals surface area (Å²) < 4.78 is 5.44. The van der Waals surface area contributed by atoms with Crippen molar-refractivity contribution >= 4 is 11.6 Å². The molecule has 148 valence electrons. The summed E-state index contributed by atoms with van der Waals surface area (Å²) in [5.74, 6) is 1.06. The number of nitrogens with one attached hydrogen (secondary N) is 1. The van der Waals surface area contributed by atoms with Gasteiger partial charge < -0.3 is 19.9 Å². The second-order valence-corrected chi connectivity index (χ2v) is 8.40. The number of guanidine groups is 1. The Labute approximate surface area is 163 Å². The van der Waals surface area contributed by atoms with Crippen LogP contribution >= 0.6 is 0 Å². The van der Waals surface area contributed by atoms with E-state index in [1.807, 2.05) is 7.05 Å². The summed E-state index contributed by atoms with van der Waals surface area (Å²) in [6.07, 6.45) is 8.40. The quantitative estimate of drug-likeness (QED) is 0.655. The molecule has 0 amide bonds. The van der Waals surface area contributed by atoms with E-state index >= 15 is 0 Å². The van der Waals surface area contributed by atoms with Crippen LogP contribution in [-0.4, -0.2) is 57.3 Å². The molecule has 0 aromatic heterocycles. The minimum absolute atomic E-state index is 0.565. The van der Waals surface area contributed by atoms with E-state index in [2.05, 4.69) is 44.4 Å². The molecule has 3 fully saturated rings. The molecular weight excluding hydrogens is 336 g/mol. The van der Waals surface area contributed by atoms with Gasteiger partial charge in [0.1, 0.15) is 0 Å². The van der Waals surface area contributed by atoms with E-state index in [4.69, 9.17) is 4.74 Å². The van der Waals surface area contributed by atoms with Gasteiger partial charge in [-0.3, -0.25) is 4.99 Å². The molecule has 5 heteroatoms. The first-order chi connectivity index (χ1) is 13.3. The van der Waals surface area contributed by atoms with E-state index in [1.165, 1.54) is 56.3 Å². The van der Waals surface area contributed by atoms with Gasteiger partial charge >= 0.3 is 0 Å². The normalized spacial score (nSPS) is 23.1. The third-order valence-corrected chi connectivity index (χ3v) is 6.63. The molecule has 1 N–H and O–H groups in total. The van der Waals surface area contributed by atoms with E-state index in [-0.39, 0.29) is 0 Å². The van der Waals surface area contributed by atoms with Gasteiger partial charge in [0.05, 0.1) is 13.2 Å². The topological polar surface area (TPSA) is 40.1 Å². The maximum Gasteiger partial charge on any atom is 0.193 e. The van der Waals surface area contributed by atoms with Crippen molar-refractivity contribution in [2.75, 3.05) is 51.3 Å². The van der Waals surface area contributed by atoms with E-state index in [0.717, 1.165) is 45.4 Å². The van der Waals surface area contributed by atoms with Crippen LogP contribution in [0.15, 0.2) is 29.3 Å². The fraction of sp³-hybridized carbons (Fsp3) is 0.682. The van der Waals surface area contributed by atoms with Crippen molar-refractivity contribution in [3.05, 3.63) is 29.8 Å². The predicted octanol–water partition coefficient (Wildman–Crippen LogP) is 3.25. The molecule has 1 aliphatic carbocycles. The summed E-state index contributed by atoms with van der Waals surface area (Å²) in [5, 5.41) is 3.59. The first-order valence-electron chi connectivity index (χ1n) is 10.7. The highest BCUT2D eigenvalue weighted by Crippen LogP contribution is 2.43. The minimum Gasteiger partial charge on any atom is -0.378 e. The van der Waals surface area contributed by atoms with Crippen molar-refractivity contribution in [1.29, 1.82) is 0 Å². The molecule has 0 radical (unpaired) electrons. The van der Waals surface area contributed by atoms with Crippen LogP contribution in [0, 0.1) is 5.41 Å². The summed E-state index contributed by atoms with van der Waals surface area (Å²) in [6, 6.07) is 8.94. The molecular formula is C22H34N4O. The van der Waals surface area contributed by atoms with Gasteiger partial charge in [0.2, 0.25) is 0 Å². The highest BCUT2D eigenvalue weighted by atomic mass is 16.5. The number of rotatable bonds is 3. The molecule has 0 bridgehead atoms.